The molecule has 0 radical (unpaired) electrons. The summed E-state index contributed by atoms with van der Waals surface area (Å²) < 4.78 is 0. The number of ketones is 1. The van der Waals surface area contributed by atoms with E-state index >= 15 is 0 Å². The molecule has 0 amide bonds. The number of Topliss-reactive ketones (excluding diaryl/α,β-unsaturated/α-hetero) is 1. The quantitative estimate of drug-likeness (QED) is 0.506. The van der Waals surface area contributed by atoms with E-state index in [-0.39, 0.29) is 11.1 Å². The summed E-state index contributed by atoms with van der Waals surface area (Å²) in [6.45, 7) is 1.82. The van der Waals surface area contributed by atoms with Crippen LogP contribution >= 0.6 is 27.5 Å². The molecule has 0 fully saturated rings. The molecule has 0 saturated carbocycles. The van der Waals surface area contributed by atoms with Gasteiger partial charge in [0.15, 0.2) is 5.78 Å². The van der Waals surface area contributed by atoms with Crippen LogP contribution < -0.4 is 5.73 Å². The highest BCUT2D eigenvalue weighted by Crippen LogP contribution is 2.23. The van der Waals surface area contributed by atoms with Crippen LogP contribution in [0.3, 0.4) is 0 Å². The number of alkyl halides is 1. The zero-order chi connectivity index (χ0) is 10.0. The van der Waals surface area contributed by atoms with Gasteiger partial charge in [-0.2, -0.15) is 0 Å². The lowest BCUT2D eigenvalue weighted by Crippen LogP contribution is -2.02. The lowest BCUT2D eigenvalue weighted by molar-refractivity contribution is 0.102. The Morgan fingerprint density at radius 1 is 1.62 bits per heavy atom. The van der Waals surface area contributed by atoms with Crippen LogP contribution in [0.4, 0.5) is 5.69 Å². The SMILES string of the molecule is Cc1c(N)cc(C(=O)CBr)cc1Cl. The molecule has 0 saturated heterocycles. The van der Waals surface area contributed by atoms with Crippen molar-refractivity contribution < 1.29 is 4.79 Å². The first kappa shape index (κ1) is 10.5. The van der Waals surface area contributed by atoms with Crippen molar-refractivity contribution in [2.75, 3.05) is 11.1 Å². The normalized spacial score (nSPS) is 10.1. The summed E-state index contributed by atoms with van der Waals surface area (Å²) in [5.74, 6) is -0.0198. The van der Waals surface area contributed by atoms with Crippen LogP contribution in [-0.2, 0) is 0 Å². The maximum Gasteiger partial charge on any atom is 0.173 e. The van der Waals surface area contributed by atoms with E-state index in [1.165, 1.54) is 0 Å². The van der Waals surface area contributed by atoms with E-state index < -0.39 is 0 Å². The van der Waals surface area contributed by atoms with Crippen LogP contribution in [0, 0.1) is 6.92 Å². The van der Waals surface area contributed by atoms with Crippen molar-refractivity contribution in [3.05, 3.63) is 28.3 Å². The Bertz CT molecular complexity index is 328. The number of benzene rings is 1. The first-order valence-corrected chi connectivity index (χ1v) is 5.21. The molecule has 2 N–H and O–H groups in total. The molecule has 0 aromatic heterocycles. The summed E-state index contributed by atoms with van der Waals surface area (Å²) in [7, 11) is 0. The van der Waals surface area contributed by atoms with Crippen LogP contribution in [-0.4, -0.2) is 11.1 Å². The van der Waals surface area contributed by atoms with Crippen molar-refractivity contribution in [2.45, 2.75) is 6.92 Å². The summed E-state index contributed by atoms with van der Waals surface area (Å²) in [6.07, 6.45) is 0. The molecule has 70 valence electrons. The van der Waals surface area contributed by atoms with Crippen LogP contribution in [0.15, 0.2) is 12.1 Å². The average molecular weight is 263 g/mol. The molecule has 0 unspecified atom stereocenters. The van der Waals surface area contributed by atoms with Gasteiger partial charge in [-0.3, -0.25) is 4.79 Å². The molecule has 0 aliphatic rings. The highest BCUT2D eigenvalue weighted by Gasteiger charge is 2.08. The second-order valence-corrected chi connectivity index (χ2v) is 3.70. The third-order valence-corrected chi connectivity index (χ3v) is 2.73. The first-order chi connectivity index (χ1) is 6.06. The number of halogens is 2. The largest absolute Gasteiger partial charge is 0.398 e. The van der Waals surface area contributed by atoms with Gasteiger partial charge in [0.1, 0.15) is 0 Å². The van der Waals surface area contributed by atoms with Gasteiger partial charge in [0.2, 0.25) is 0 Å². The maximum atomic E-state index is 11.3. The summed E-state index contributed by atoms with van der Waals surface area (Å²) in [6, 6.07) is 3.28. The fraction of sp³-hybridized carbons (Fsp3) is 0.222. The fourth-order valence-corrected chi connectivity index (χ4v) is 1.49. The molecular formula is C9H9BrClNO. The van der Waals surface area contributed by atoms with E-state index in [2.05, 4.69) is 15.9 Å². The standard InChI is InChI=1S/C9H9BrClNO/c1-5-7(11)2-6(3-8(5)12)9(13)4-10/h2-3H,4,12H2,1H3. The molecule has 1 aromatic rings. The summed E-state index contributed by atoms with van der Waals surface area (Å²) in [4.78, 5) is 11.3. The van der Waals surface area contributed by atoms with Gasteiger partial charge < -0.3 is 5.73 Å². The number of rotatable bonds is 2. The Morgan fingerprint density at radius 3 is 2.69 bits per heavy atom. The molecule has 0 aliphatic carbocycles. The number of nitrogens with two attached hydrogens (primary N) is 1. The Balaban J connectivity index is 3.20. The smallest absolute Gasteiger partial charge is 0.173 e. The average Bonchev–Trinajstić information content (AvgIpc) is 2.12. The minimum Gasteiger partial charge on any atom is -0.398 e. The lowest BCUT2D eigenvalue weighted by atomic mass is 10.1. The second-order valence-electron chi connectivity index (χ2n) is 2.73. The van der Waals surface area contributed by atoms with Crippen molar-refractivity contribution in [1.29, 1.82) is 0 Å². The number of nitrogen functional groups attached to an aromatic ring is 1. The Labute approximate surface area is 90.2 Å². The van der Waals surface area contributed by atoms with Gasteiger partial charge in [-0.05, 0) is 24.6 Å². The van der Waals surface area contributed by atoms with Gasteiger partial charge in [-0.1, -0.05) is 27.5 Å². The Kier molecular flexibility index (Phi) is 3.33. The number of hydrogen-bond donors (Lipinski definition) is 1. The fourth-order valence-electron chi connectivity index (χ4n) is 0.938. The lowest BCUT2D eigenvalue weighted by Gasteiger charge is -2.05. The van der Waals surface area contributed by atoms with Crippen molar-refractivity contribution in [2.24, 2.45) is 0 Å². The molecule has 0 atom stereocenters. The molecule has 4 heteroatoms. The monoisotopic (exact) mass is 261 g/mol. The number of anilines is 1. The Morgan fingerprint density at radius 2 is 2.23 bits per heavy atom. The molecular weight excluding hydrogens is 253 g/mol. The third-order valence-electron chi connectivity index (χ3n) is 1.83. The zero-order valence-electron chi connectivity index (χ0n) is 7.10. The highest BCUT2D eigenvalue weighted by atomic mass is 79.9. The van der Waals surface area contributed by atoms with Crippen molar-refractivity contribution in [1.82, 2.24) is 0 Å². The maximum absolute atomic E-state index is 11.3. The topological polar surface area (TPSA) is 43.1 Å². The molecule has 0 bridgehead atoms. The van der Waals surface area contributed by atoms with Gasteiger partial charge in [0.25, 0.3) is 0 Å². The highest BCUT2D eigenvalue weighted by molar-refractivity contribution is 9.09. The molecule has 1 aromatic carbocycles. The summed E-state index contributed by atoms with van der Waals surface area (Å²) >= 11 is 8.96. The molecule has 13 heavy (non-hydrogen) atoms. The molecule has 0 heterocycles. The number of carbonyl (C=O) groups is 1. The second kappa shape index (κ2) is 4.11. The van der Waals surface area contributed by atoms with Crippen LogP contribution in [0.25, 0.3) is 0 Å². The van der Waals surface area contributed by atoms with E-state index in [0.717, 1.165) is 5.56 Å². The predicted molar refractivity (Wildman–Crippen MR) is 58.7 cm³/mol. The van der Waals surface area contributed by atoms with Crippen molar-refractivity contribution >= 4 is 39.0 Å². The van der Waals surface area contributed by atoms with Gasteiger partial charge in [0.05, 0.1) is 5.33 Å². The van der Waals surface area contributed by atoms with Crippen LogP contribution in [0.5, 0.6) is 0 Å². The van der Waals surface area contributed by atoms with Gasteiger partial charge in [-0.25, -0.2) is 0 Å². The molecule has 0 aliphatic heterocycles. The first-order valence-electron chi connectivity index (χ1n) is 3.71. The summed E-state index contributed by atoms with van der Waals surface area (Å²) in [5, 5.41) is 0.815. The number of hydrogen-bond acceptors (Lipinski definition) is 2. The minimum absolute atomic E-state index is 0.0198. The van der Waals surface area contributed by atoms with E-state index in [0.29, 0.717) is 16.3 Å². The van der Waals surface area contributed by atoms with E-state index in [9.17, 15) is 4.79 Å². The third kappa shape index (κ3) is 2.23. The van der Waals surface area contributed by atoms with Crippen LogP contribution in [0.1, 0.15) is 15.9 Å². The van der Waals surface area contributed by atoms with Crippen molar-refractivity contribution in [3.63, 3.8) is 0 Å². The van der Waals surface area contributed by atoms with E-state index in [1.54, 1.807) is 12.1 Å². The molecule has 0 spiro atoms. The Hall–Kier alpha value is -0.540. The predicted octanol–water partition coefficient (Wildman–Crippen LogP) is 2.81. The van der Waals surface area contributed by atoms with Gasteiger partial charge in [-0.15, -0.1) is 0 Å². The minimum atomic E-state index is -0.0198. The van der Waals surface area contributed by atoms with E-state index in [1.807, 2.05) is 6.92 Å². The molecule has 2 nitrogen and oxygen atoms in total. The van der Waals surface area contributed by atoms with Crippen molar-refractivity contribution in [3.8, 4) is 0 Å². The van der Waals surface area contributed by atoms with Crippen LogP contribution in [0.2, 0.25) is 5.02 Å². The molecule has 1 rings (SSSR count). The zero-order valence-corrected chi connectivity index (χ0v) is 9.45. The summed E-state index contributed by atoms with van der Waals surface area (Å²) in [5.41, 5.74) is 7.57. The van der Waals surface area contributed by atoms with E-state index in [4.69, 9.17) is 17.3 Å². The van der Waals surface area contributed by atoms with Gasteiger partial charge in [0, 0.05) is 16.3 Å². The van der Waals surface area contributed by atoms with Gasteiger partial charge >= 0.3 is 0 Å². The number of carbonyl (C=O) groups excluding carboxylic acids is 1.